The molecule has 0 aromatic carbocycles. The molecule has 0 saturated heterocycles. The molecule has 5 aromatic rings. The molecule has 10 rings (SSSR count). The van der Waals surface area contributed by atoms with Gasteiger partial charge < -0.3 is 87.5 Å². The van der Waals surface area contributed by atoms with Crippen LogP contribution in [0.4, 0.5) is 22.2 Å². The number of nitrogens with two attached hydrogens (primary N) is 1. The number of alkyl carbamates (subject to hydrolysis) is 1. The Kier molecular flexibility index (Phi) is 43.5. The number of aliphatic carboxylic acids is 2. The van der Waals surface area contributed by atoms with Crippen molar-refractivity contribution in [2.75, 3.05) is 85.4 Å². The third-order valence-corrected chi connectivity index (χ3v) is 20.8. The fourth-order valence-corrected chi connectivity index (χ4v) is 14.5. The standard InChI is InChI=1S/C24H30ClN7O4S.C21H30ClN5O5.C10H20N2O.C8H7ClN2O2.C8H10N2O2S.C2H2O4.CH4.2ClH/c1-31(2)24(36)13-4-6-15(27-20(33)21(34)30-19-7-5-14(25)11-26-19)17(10-13)28-22(35)23-29-16-8-9-32(3)12-18(16)37-23;1-21(2,3)32-20(31)25-15-10-12(19(30)27(4)5)6-8-14(15)24-17(28)18(29)26-16-9-7-13(22)11-23-16;1-7-6-8(4-5-9(7)11)10(13)12(2)3;1-5(12)8(13)11-7-3-2-6(9)4-10-7;1-10-3-2-5-6(4-10)13-7(9-5)8(11)12;3-1(4)2(5)6;;;/h5,7,11,13,15,17H,4,6,8-10,12H2,1-3H3,(H,27,33)(H,28,35)(H,26,30,34);7,9,11-12,14-15H,6,8,10H2,1-5H3,(H,24,28)(H,25,31)(H,23,26,29);7-9H,4-6,11H2,1-3H3;2-4H,1H3,(H,10,11,13);2-4H2,1H3,(H,11,12);(H,3,4)(H,5,6);1H4;2*1H/t13-,15-,17+;12-,14-,15+;7-,8+,9+;;;;;;/m001....../s1. The van der Waals surface area contributed by atoms with Crippen molar-refractivity contribution in [3.63, 3.8) is 0 Å². The summed E-state index contributed by atoms with van der Waals surface area (Å²) in [6.45, 7) is 12.0. The number of hydrogen-bond donors (Lipinski definition) is 11. The minimum Gasteiger partial charge on any atom is -0.476 e. The molecule has 5 aromatic heterocycles. The van der Waals surface area contributed by atoms with Gasteiger partial charge in [-0.25, -0.2) is 44.1 Å². The number of ether oxygens (including phenoxy) is 1. The van der Waals surface area contributed by atoms with Crippen LogP contribution in [-0.4, -0.2) is 253 Å². The molecular formula is C74H105Cl5N18O18S2. The Labute approximate surface area is 713 Å². The van der Waals surface area contributed by atoms with Crippen LogP contribution >= 0.6 is 82.3 Å². The number of fused-ring (bicyclic) bond motifs is 2. The number of Topliss-reactive ketones (excluding diaryl/α,β-unsaturated/α-hetero) is 1. The van der Waals surface area contributed by atoms with Gasteiger partial charge in [-0.1, -0.05) is 49.2 Å². The zero-order valence-electron chi connectivity index (χ0n) is 66.3. The van der Waals surface area contributed by atoms with E-state index in [1.54, 1.807) is 66.0 Å². The molecular weight excluding hydrogens is 1670 g/mol. The van der Waals surface area contributed by atoms with Gasteiger partial charge in [0.25, 0.3) is 11.8 Å². The lowest BCUT2D eigenvalue weighted by molar-refractivity contribution is -0.159. The molecule has 9 atom stereocenters. The minimum atomic E-state index is -1.82. The molecule has 2 aliphatic heterocycles. The van der Waals surface area contributed by atoms with Gasteiger partial charge in [-0.3, -0.25) is 47.9 Å². The number of nitrogens with zero attached hydrogens (tertiary/aromatic N) is 10. The highest BCUT2D eigenvalue weighted by Gasteiger charge is 2.40. The average molecular weight is 1780 g/mol. The number of carbonyl (C=O) groups is 14. The summed E-state index contributed by atoms with van der Waals surface area (Å²) in [6.07, 6.45) is 10.5. The van der Waals surface area contributed by atoms with Crippen LogP contribution in [0.2, 0.25) is 15.1 Å². The molecule has 7 heterocycles. The number of amides is 10. The number of rotatable bonds is 13. The van der Waals surface area contributed by atoms with Crippen LogP contribution in [0.15, 0.2) is 55.0 Å². The highest BCUT2D eigenvalue weighted by atomic mass is 35.5. The summed E-state index contributed by atoms with van der Waals surface area (Å²) in [5, 5.41) is 43.6. The topological polar surface area (TPSA) is 500 Å². The van der Waals surface area contributed by atoms with Crippen LogP contribution in [-0.2, 0) is 83.4 Å². The summed E-state index contributed by atoms with van der Waals surface area (Å²) in [5.41, 5.74) is 7.10. The number of anilines is 3. The number of thiazole rings is 2. The number of carboxylic acid groups (broad SMARTS) is 3. The summed E-state index contributed by atoms with van der Waals surface area (Å²) in [7, 11) is 14.4. The first-order valence-corrected chi connectivity index (χ1v) is 38.8. The summed E-state index contributed by atoms with van der Waals surface area (Å²) < 4.78 is 5.32. The third kappa shape index (κ3) is 35.0. The van der Waals surface area contributed by atoms with E-state index in [4.69, 9.17) is 70.2 Å². The second kappa shape index (κ2) is 49.1. The van der Waals surface area contributed by atoms with Gasteiger partial charge in [0.2, 0.25) is 28.5 Å². The predicted molar refractivity (Wildman–Crippen MR) is 446 cm³/mol. The first kappa shape index (κ1) is 104. The number of pyridine rings is 3. The molecule has 0 unspecified atom stereocenters. The Bertz CT molecular complexity index is 4220. The Hall–Kier alpha value is -9.38. The van der Waals surface area contributed by atoms with Crippen LogP contribution < -0.4 is 43.0 Å². The first-order valence-electron chi connectivity index (χ1n) is 36.0. The number of aromatic nitrogens is 5. The normalized spacial score (nSPS) is 19.5. The maximum atomic E-state index is 13.2. The lowest BCUT2D eigenvalue weighted by atomic mass is 9.79. The van der Waals surface area contributed by atoms with Crippen molar-refractivity contribution in [3.8, 4) is 0 Å². The number of halogens is 5. The van der Waals surface area contributed by atoms with Gasteiger partial charge in [-0.05, 0) is 135 Å². The quantitative estimate of drug-likeness (QED) is 0.0540. The van der Waals surface area contributed by atoms with Crippen LogP contribution in [0.5, 0.6) is 0 Å². The van der Waals surface area contributed by atoms with Crippen LogP contribution in [0.3, 0.4) is 0 Å². The fourth-order valence-electron chi connectivity index (χ4n) is 12.1. The van der Waals surface area contributed by atoms with E-state index in [2.05, 4.69) is 78.9 Å². The van der Waals surface area contributed by atoms with E-state index < -0.39 is 89.1 Å². The molecule has 0 radical (unpaired) electrons. The SMILES string of the molecule is C.CC(=O)C(=O)Nc1ccc(Cl)cn1.CN(C)C(=O)[C@H]1CC[C@H](NC(=O)C(=O)Nc2ccc(Cl)cn2)[C@H](NC(=O)OC(C)(C)C)C1.CN1CCc2nc(C(=O)N[C@@H]3C[C@@H](C(=O)N(C)C)CC[C@@H]3NC(=O)C(=O)Nc3ccc(Cl)cn3)sc2C1.CN1CCc2nc(C(=O)O)sc2C1.C[C@@H]1C[C@@H](C(=O)N(C)C)CC[C@@H]1N.Cl.Cl.O=C(O)C(=O)O. The van der Waals surface area contributed by atoms with Crippen molar-refractivity contribution in [2.24, 2.45) is 29.4 Å². The number of carboxylic acids is 3. The second-order valence-electron chi connectivity index (χ2n) is 29.0. The Morgan fingerprint density at radius 2 is 0.872 bits per heavy atom. The molecule has 3 saturated carbocycles. The van der Waals surface area contributed by atoms with Gasteiger partial charge in [0.05, 0.1) is 38.5 Å². The predicted octanol–water partition coefficient (Wildman–Crippen LogP) is 6.79. The highest BCUT2D eigenvalue weighted by molar-refractivity contribution is 7.14. The number of likely N-dealkylation sites (N-methyl/N-ethyl adjacent to an activating group) is 2. The van der Waals surface area contributed by atoms with Crippen molar-refractivity contribution >= 4 is 183 Å². The van der Waals surface area contributed by atoms with E-state index in [1.807, 2.05) is 28.2 Å². The molecule has 0 bridgehead atoms. The second-order valence-corrected chi connectivity index (χ2v) is 32.5. The molecule has 0 spiro atoms. The Morgan fingerprint density at radius 1 is 0.513 bits per heavy atom. The molecule has 36 nitrogen and oxygen atoms in total. The van der Waals surface area contributed by atoms with E-state index in [9.17, 15) is 57.5 Å². The zero-order valence-corrected chi connectivity index (χ0v) is 71.8. The van der Waals surface area contributed by atoms with Crippen LogP contribution in [0.25, 0.3) is 0 Å². The molecule has 5 aliphatic rings. The van der Waals surface area contributed by atoms with Crippen molar-refractivity contribution in [3.05, 3.63) is 101 Å². The van der Waals surface area contributed by atoms with Crippen molar-refractivity contribution in [1.29, 1.82) is 0 Å². The molecule has 12 N–H and O–H groups in total. The smallest absolute Gasteiger partial charge is 0.414 e. The van der Waals surface area contributed by atoms with E-state index in [1.165, 1.54) is 82.3 Å². The summed E-state index contributed by atoms with van der Waals surface area (Å²) in [5.74, 6) is -8.75. The van der Waals surface area contributed by atoms with Crippen molar-refractivity contribution < 1.29 is 87.2 Å². The fraction of sp³-hybridized carbons (Fsp3) is 0.527. The summed E-state index contributed by atoms with van der Waals surface area (Å²) in [4.78, 5) is 194. The largest absolute Gasteiger partial charge is 0.476 e. The zero-order chi connectivity index (χ0) is 85.2. The number of carbonyl (C=O) groups excluding carboxylic acids is 11. The Balaban J connectivity index is 0.000000518. The molecule has 3 fully saturated rings. The van der Waals surface area contributed by atoms with Gasteiger partial charge in [0.15, 0.2) is 5.01 Å². The number of nitrogens with one attached hydrogen (secondary N) is 7. The van der Waals surface area contributed by atoms with Gasteiger partial charge in [0, 0.05) is 152 Å². The van der Waals surface area contributed by atoms with Gasteiger partial charge in [0.1, 0.15) is 23.1 Å². The van der Waals surface area contributed by atoms with Gasteiger partial charge in [-0.2, -0.15) is 0 Å². The number of hydrogen-bond acceptors (Lipinski definition) is 25. The maximum Gasteiger partial charge on any atom is 0.414 e. The third-order valence-electron chi connectivity index (χ3n) is 18.0. The van der Waals surface area contributed by atoms with Crippen LogP contribution in [0, 0.1) is 23.7 Å². The summed E-state index contributed by atoms with van der Waals surface area (Å²) in [6, 6.07) is 7.20. The number of aromatic carboxylic acids is 1. The molecule has 117 heavy (non-hydrogen) atoms. The average Bonchev–Trinajstić information content (AvgIpc) is 1.79. The van der Waals surface area contributed by atoms with Crippen molar-refractivity contribution in [2.45, 2.75) is 162 Å². The van der Waals surface area contributed by atoms with Gasteiger partial charge in [-0.15, -0.1) is 47.5 Å². The monoisotopic (exact) mass is 1770 g/mol. The minimum absolute atomic E-state index is 0. The summed E-state index contributed by atoms with van der Waals surface area (Å²) >= 11 is 19.8. The van der Waals surface area contributed by atoms with E-state index in [0.717, 1.165) is 79.4 Å². The lowest BCUT2D eigenvalue weighted by Crippen LogP contribution is -2.57. The molecule has 646 valence electrons. The maximum absolute atomic E-state index is 13.2. The molecule has 10 amide bonds. The molecule has 3 aliphatic carbocycles. The molecule has 43 heteroatoms. The van der Waals surface area contributed by atoms with E-state index >= 15 is 0 Å². The van der Waals surface area contributed by atoms with E-state index in [-0.39, 0.29) is 90.3 Å². The van der Waals surface area contributed by atoms with E-state index in [0.29, 0.717) is 76.4 Å². The number of ketones is 1. The highest BCUT2D eigenvalue weighted by Crippen LogP contribution is 2.32. The first-order chi connectivity index (χ1) is 53.4. The Morgan fingerprint density at radius 3 is 1.21 bits per heavy atom. The van der Waals surface area contributed by atoms with Crippen molar-refractivity contribution in [1.82, 2.24) is 70.7 Å². The van der Waals surface area contributed by atoms with Gasteiger partial charge >= 0.3 is 47.6 Å². The lowest BCUT2D eigenvalue weighted by Gasteiger charge is -2.37. The van der Waals surface area contributed by atoms with Crippen LogP contribution in [0.1, 0.15) is 141 Å².